The zero-order valence-electron chi connectivity index (χ0n) is 15.3. The van der Waals surface area contributed by atoms with Crippen LogP contribution in [0, 0.1) is 0 Å². The predicted octanol–water partition coefficient (Wildman–Crippen LogP) is 2.14. The highest BCUT2D eigenvalue weighted by molar-refractivity contribution is 7.92. The van der Waals surface area contributed by atoms with E-state index in [-0.39, 0.29) is 23.4 Å². The Morgan fingerprint density at radius 2 is 1.40 bits per heavy atom. The minimum absolute atomic E-state index is 0.0731. The number of alkyl halides is 3. The quantitative estimate of drug-likeness (QED) is 0.659. The summed E-state index contributed by atoms with van der Waals surface area (Å²) >= 11 is 0. The van der Waals surface area contributed by atoms with Crippen molar-refractivity contribution in [1.82, 2.24) is 5.32 Å². The van der Waals surface area contributed by atoms with Gasteiger partial charge in [0, 0.05) is 16.8 Å². The van der Waals surface area contributed by atoms with E-state index < -0.39 is 38.0 Å². The van der Waals surface area contributed by atoms with Crippen LogP contribution in [-0.2, 0) is 19.4 Å². The number of nitrogens with one attached hydrogen (secondary N) is 2. The normalized spacial score (nSPS) is 11.5. The van der Waals surface area contributed by atoms with Crippen LogP contribution < -0.4 is 10.6 Å². The summed E-state index contributed by atoms with van der Waals surface area (Å²) in [5.74, 6) is -1.87. The van der Waals surface area contributed by atoms with E-state index in [1.807, 2.05) is 0 Å². The first-order chi connectivity index (χ1) is 14.0. The second-order valence-electron chi connectivity index (χ2n) is 5.76. The monoisotopic (exact) mass is 444 g/mol. The number of anilines is 1. The number of amides is 2. The lowest BCUT2D eigenvalue weighted by atomic mass is 10.1. The van der Waals surface area contributed by atoms with E-state index in [4.69, 9.17) is 0 Å². The summed E-state index contributed by atoms with van der Waals surface area (Å²) in [5.41, 5.74) is -5.03. The minimum atomic E-state index is -5.50. The Bertz CT molecular complexity index is 1050. The summed E-state index contributed by atoms with van der Waals surface area (Å²) in [7, 11) is -4.33. The number of ether oxygens (including phenoxy) is 1. The van der Waals surface area contributed by atoms with Gasteiger partial charge in [0.1, 0.15) is 6.54 Å². The maximum absolute atomic E-state index is 12.5. The van der Waals surface area contributed by atoms with Crippen LogP contribution in [0.25, 0.3) is 0 Å². The summed E-state index contributed by atoms with van der Waals surface area (Å²) in [6, 6.07) is 8.81. The molecule has 30 heavy (non-hydrogen) atoms. The van der Waals surface area contributed by atoms with Gasteiger partial charge in [0.25, 0.3) is 21.7 Å². The van der Waals surface area contributed by atoms with Crippen molar-refractivity contribution in [2.45, 2.75) is 10.4 Å². The third-order valence-electron chi connectivity index (χ3n) is 3.76. The summed E-state index contributed by atoms with van der Waals surface area (Å²) < 4.78 is 64.7. The van der Waals surface area contributed by atoms with Crippen LogP contribution in [0.5, 0.6) is 0 Å². The van der Waals surface area contributed by atoms with Crippen LogP contribution in [0.4, 0.5) is 18.9 Å². The SMILES string of the molecule is COC(=O)CNC(=O)c1ccc(NC(=O)c2ccc(S(=O)(=O)C(F)(F)F)cc2)cc1. The lowest BCUT2D eigenvalue weighted by Gasteiger charge is -2.09. The molecule has 0 saturated heterocycles. The molecule has 2 aromatic carbocycles. The number of carbonyl (C=O) groups is 3. The summed E-state index contributed by atoms with van der Waals surface area (Å²) in [6.45, 7) is -0.312. The van der Waals surface area contributed by atoms with Crippen molar-refractivity contribution in [3.63, 3.8) is 0 Å². The lowest BCUT2D eigenvalue weighted by Crippen LogP contribution is -2.30. The molecule has 0 radical (unpaired) electrons. The topological polar surface area (TPSA) is 119 Å². The van der Waals surface area contributed by atoms with Gasteiger partial charge < -0.3 is 15.4 Å². The molecule has 12 heteroatoms. The molecule has 0 aromatic heterocycles. The highest BCUT2D eigenvalue weighted by Gasteiger charge is 2.46. The maximum Gasteiger partial charge on any atom is 0.501 e. The van der Waals surface area contributed by atoms with Gasteiger partial charge in [-0.2, -0.15) is 13.2 Å². The van der Waals surface area contributed by atoms with Gasteiger partial charge in [-0.1, -0.05) is 0 Å². The van der Waals surface area contributed by atoms with Crippen LogP contribution >= 0.6 is 0 Å². The highest BCUT2D eigenvalue weighted by atomic mass is 32.2. The molecule has 0 fully saturated rings. The highest BCUT2D eigenvalue weighted by Crippen LogP contribution is 2.30. The molecule has 160 valence electrons. The maximum atomic E-state index is 12.5. The van der Waals surface area contributed by atoms with Gasteiger partial charge in [-0.3, -0.25) is 14.4 Å². The van der Waals surface area contributed by atoms with E-state index in [2.05, 4.69) is 15.4 Å². The Kier molecular flexibility index (Phi) is 6.82. The van der Waals surface area contributed by atoms with E-state index in [0.29, 0.717) is 12.1 Å². The van der Waals surface area contributed by atoms with E-state index in [1.54, 1.807) is 0 Å². The van der Waals surface area contributed by atoms with Gasteiger partial charge >= 0.3 is 11.5 Å². The van der Waals surface area contributed by atoms with E-state index in [1.165, 1.54) is 31.4 Å². The number of benzene rings is 2. The van der Waals surface area contributed by atoms with Gasteiger partial charge in [-0.15, -0.1) is 0 Å². The standard InChI is InChI=1S/C18H15F3N2O6S/c1-29-15(24)10-22-16(25)11-2-6-13(7-3-11)23-17(26)12-4-8-14(9-5-12)30(27,28)18(19,20)21/h2-9H,10H2,1H3,(H,22,25)(H,23,26). The van der Waals surface area contributed by atoms with Crippen LogP contribution in [0.15, 0.2) is 53.4 Å². The molecule has 0 saturated carbocycles. The minimum Gasteiger partial charge on any atom is -0.468 e. The molecule has 2 rings (SSSR count). The third kappa shape index (κ3) is 5.35. The lowest BCUT2D eigenvalue weighted by molar-refractivity contribution is -0.139. The molecule has 0 aliphatic heterocycles. The first-order valence-corrected chi connectivity index (χ1v) is 9.62. The van der Waals surface area contributed by atoms with E-state index >= 15 is 0 Å². The molecule has 0 aliphatic carbocycles. The number of sulfone groups is 1. The fraction of sp³-hybridized carbons (Fsp3) is 0.167. The van der Waals surface area contributed by atoms with Crippen molar-refractivity contribution in [1.29, 1.82) is 0 Å². The largest absolute Gasteiger partial charge is 0.501 e. The van der Waals surface area contributed by atoms with Crippen LogP contribution in [-0.4, -0.2) is 45.4 Å². The zero-order chi connectivity index (χ0) is 22.5. The molecular weight excluding hydrogens is 429 g/mol. The average molecular weight is 444 g/mol. The number of carbonyl (C=O) groups excluding carboxylic acids is 3. The van der Waals surface area contributed by atoms with Gasteiger partial charge in [-0.05, 0) is 48.5 Å². The molecular formula is C18H15F3N2O6S. The molecule has 2 aromatic rings. The number of methoxy groups -OCH3 is 1. The second-order valence-corrected chi connectivity index (χ2v) is 7.71. The van der Waals surface area contributed by atoms with Crippen LogP contribution in [0.1, 0.15) is 20.7 Å². The Balaban J connectivity index is 2.04. The first-order valence-electron chi connectivity index (χ1n) is 8.13. The third-order valence-corrected chi connectivity index (χ3v) is 5.26. The molecule has 2 N–H and O–H groups in total. The van der Waals surface area contributed by atoms with Crippen molar-refractivity contribution < 1.29 is 40.7 Å². The summed E-state index contributed by atoms with van der Waals surface area (Å²) in [4.78, 5) is 34.1. The molecule has 0 bridgehead atoms. The molecule has 0 atom stereocenters. The van der Waals surface area contributed by atoms with E-state index in [9.17, 15) is 36.0 Å². The molecule has 0 unspecified atom stereocenters. The Morgan fingerprint density at radius 3 is 1.90 bits per heavy atom. The number of esters is 1. The summed E-state index contributed by atoms with van der Waals surface area (Å²) in [6.07, 6.45) is 0. The molecule has 0 heterocycles. The second kappa shape index (κ2) is 8.95. The first kappa shape index (κ1) is 22.9. The van der Waals surface area contributed by atoms with Crippen molar-refractivity contribution in [2.75, 3.05) is 19.0 Å². The van der Waals surface area contributed by atoms with E-state index in [0.717, 1.165) is 12.1 Å². The van der Waals surface area contributed by atoms with Crippen molar-refractivity contribution >= 4 is 33.3 Å². The van der Waals surface area contributed by atoms with Crippen LogP contribution in [0.3, 0.4) is 0 Å². The summed E-state index contributed by atoms with van der Waals surface area (Å²) in [5, 5.41) is 4.79. The Hall–Kier alpha value is -3.41. The van der Waals surface area contributed by atoms with Gasteiger partial charge in [0.2, 0.25) is 0 Å². The number of halogens is 3. The zero-order valence-corrected chi connectivity index (χ0v) is 16.1. The van der Waals surface area contributed by atoms with Crippen molar-refractivity contribution in [2.24, 2.45) is 0 Å². The van der Waals surface area contributed by atoms with Gasteiger partial charge in [0.05, 0.1) is 12.0 Å². The van der Waals surface area contributed by atoms with Crippen molar-refractivity contribution in [3.8, 4) is 0 Å². The number of rotatable bonds is 6. The Morgan fingerprint density at radius 1 is 0.900 bits per heavy atom. The van der Waals surface area contributed by atoms with Gasteiger partial charge in [0.15, 0.2) is 0 Å². The Labute approximate surface area is 168 Å². The molecule has 0 spiro atoms. The molecule has 0 aliphatic rings. The van der Waals surface area contributed by atoms with Crippen molar-refractivity contribution in [3.05, 3.63) is 59.7 Å². The average Bonchev–Trinajstić information content (AvgIpc) is 2.71. The number of hydrogen-bond acceptors (Lipinski definition) is 6. The predicted molar refractivity (Wildman–Crippen MR) is 98.4 cm³/mol. The fourth-order valence-corrected chi connectivity index (χ4v) is 2.92. The van der Waals surface area contributed by atoms with Crippen LogP contribution in [0.2, 0.25) is 0 Å². The fourth-order valence-electron chi connectivity index (χ4n) is 2.15. The smallest absolute Gasteiger partial charge is 0.468 e. The number of hydrogen-bond donors (Lipinski definition) is 2. The molecule has 2 amide bonds. The van der Waals surface area contributed by atoms with Gasteiger partial charge in [-0.25, -0.2) is 8.42 Å². The molecule has 8 nitrogen and oxygen atoms in total.